The number of nitrogens with one attached hydrogen (secondary N) is 1. The summed E-state index contributed by atoms with van der Waals surface area (Å²) >= 11 is 0. The molecule has 2 heterocycles. The second-order valence-corrected chi connectivity index (χ2v) is 7.11. The number of carbonyl (C=O) groups is 2. The molecule has 0 saturated carbocycles. The standard InChI is InChI=1S/C20H24N2O5/c1-13(2)15-7-4-5-8-16(15)27-12-14(23)11-22-18(24)20(3,21-19(22)25)17-9-6-10-26-17/h4-10,13-14,23H,11-12H2,1-3H3,(H,21,25). The summed E-state index contributed by atoms with van der Waals surface area (Å²) in [4.78, 5) is 26.0. The zero-order chi connectivity index (χ0) is 19.6. The van der Waals surface area contributed by atoms with Crippen molar-refractivity contribution in [3.63, 3.8) is 0 Å². The maximum Gasteiger partial charge on any atom is 0.325 e. The van der Waals surface area contributed by atoms with E-state index in [2.05, 4.69) is 19.2 Å². The van der Waals surface area contributed by atoms with Crippen molar-refractivity contribution < 1.29 is 23.8 Å². The van der Waals surface area contributed by atoms with E-state index in [0.717, 1.165) is 10.5 Å². The summed E-state index contributed by atoms with van der Waals surface area (Å²) in [5.74, 6) is 0.839. The first-order chi connectivity index (χ1) is 12.8. The Kier molecular flexibility index (Phi) is 5.23. The number of β-amino-alcohol motifs (C(OH)–C–C–N with tert-alkyl or cyclic N) is 1. The van der Waals surface area contributed by atoms with E-state index in [1.165, 1.54) is 6.26 Å². The largest absolute Gasteiger partial charge is 0.491 e. The van der Waals surface area contributed by atoms with Gasteiger partial charge in [-0.1, -0.05) is 32.0 Å². The first kappa shape index (κ1) is 19.0. The van der Waals surface area contributed by atoms with Gasteiger partial charge in [0, 0.05) is 0 Å². The lowest BCUT2D eigenvalue weighted by Crippen LogP contribution is -2.42. The van der Waals surface area contributed by atoms with Gasteiger partial charge >= 0.3 is 6.03 Å². The van der Waals surface area contributed by atoms with Crippen LogP contribution in [0.15, 0.2) is 47.1 Å². The van der Waals surface area contributed by atoms with Crippen molar-refractivity contribution in [2.75, 3.05) is 13.2 Å². The van der Waals surface area contributed by atoms with Crippen LogP contribution in [0.25, 0.3) is 0 Å². The summed E-state index contributed by atoms with van der Waals surface area (Å²) in [7, 11) is 0. The van der Waals surface area contributed by atoms with Gasteiger partial charge in [-0.3, -0.25) is 9.69 Å². The maximum absolute atomic E-state index is 12.7. The smallest absolute Gasteiger partial charge is 0.325 e. The Morgan fingerprint density at radius 1 is 1.22 bits per heavy atom. The third-order valence-electron chi connectivity index (χ3n) is 4.65. The number of ether oxygens (including phenoxy) is 1. The monoisotopic (exact) mass is 372 g/mol. The zero-order valence-corrected chi connectivity index (χ0v) is 15.6. The molecule has 1 saturated heterocycles. The third-order valence-corrected chi connectivity index (χ3v) is 4.65. The number of carbonyl (C=O) groups excluding carboxylic acids is 2. The average Bonchev–Trinajstić information content (AvgIpc) is 3.25. The van der Waals surface area contributed by atoms with Crippen LogP contribution in [0.4, 0.5) is 4.79 Å². The van der Waals surface area contributed by atoms with Gasteiger partial charge in [0.15, 0.2) is 5.54 Å². The first-order valence-electron chi connectivity index (χ1n) is 8.91. The Morgan fingerprint density at radius 3 is 2.63 bits per heavy atom. The summed E-state index contributed by atoms with van der Waals surface area (Å²) in [5.41, 5.74) is -0.240. The molecule has 0 radical (unpaired) electrons. The van der Waals surface area contributed by atoms with Crippen molar-refractivity contribution >= 4 is 11.9 Å². The fourth-order valence-corrected chi connectivity index (χ4v) is 3.13. The number of aliphatic hydroxyl groups is 1. The highest BCUT2D eigenvalue weighted by molar-refractivity contribution is 6.06. The van der Waals surface area contributed by atoms with E-state index >= 15 is 0 Å². The molecule has 0 aliphatic carbocycles. The van der Waals surface area contributed by atoms with Crippen LogP contribution >= 0.6 is 0 Å². The van der Waals surface area contributed by atoms with Crippen LogP contribution in [0.2, 0.25) is 0 Å². The van der Waals surface area contributed by atoms with Gasteiger partial charge in [-0.15, -0.1) is 0 Å². The molecule has 1 aromatic heterocycles. The number of hydrogen-bond acceptors (Lipinski definition) is 5. The van der Waals surface area contributed by atoms with E-state index in [0.29, 0.717) is 11.5 Å². The molecule has 3 amide bonds. The predicted octanol–water partition coefficient (Wildman–Crippen LogP) is 2.61. The molecule has 1 aliphatic rings. The van der Waals surface area contributed by atoms with E-state index in [1.807, 2.05) is 24.3 Å². The van der Waals surface area contributed by atoms with Gasteiger partial charge in [0.1, 0.15) is 24.2 Å². The Bertz CT molecular complexity index is 818. The molecule has 2 unspecified atom stereocenters. The van der Waals surface area contributed by atoms with Gasteiger partial charge in [0.2, 0.25) is 0 Å². The van der Waals surface area contributed by atoms with Crippen LogP contribution in [0.5, 0.6) is 5.75 Å². The van der Waals surface area contributed by atoms with Gasteiger partial charge < -0.3 is 19.6 Å². The molecule has 0 bridgehead atoms. The zero-order valence-electron chi connectivity index (χ0n) is 15.6. The molecule has 2 N–H and O–H groups in total. The maximum atomic E-state index is 12.7. The van der Waals surface area contributed by atoms with E-state index in [-0.39, 0.29) is 19.1 Å². The average molecular weight is 372 g/mol. The summed E-state index contributed by atoms with van der Waals surface area (Å²) in [6, 6.07) is 10.3. The summed E-state index contributed by atoms with van der Waals surface area (Å²) in [6.07, 6.45) is 0.427. The molecule has 0 spiro atoms. The van der Waals surface area contributed by atoms with Crippen LogP contribution in [0.1, 0.15) is 38.0 Å². The summed E-state index contributed by atoms with van der Waals surface area (Å²) < 4.78 is 11.0. The van der Waals surface area contributed by atoms with Gasteiger partial charge in [-0.05, 0) is 36.6 Å². The molecule has 3 rings (SSSR count). The topological polar surface area (TPSA) is 92.0 Å². The molecule has 7 nitrogen and oxygen atoms in total. The minimum Gasteiger partial charge on any atom is -0.491 e. The number of benzene rings is 1. The Morgan fingerprint density at radius 2 is 1.96 bits per heavy atom. The molecule has 1 aliphatic heterocycles. The lowest BCUT2D eigenvalue weighted by molar-refractivity contribution is -0.132. The van der Waals surface area contributed by atoms with Gasteiger partial charge in [0.05, 0.1) is 12.8 Å². The van der Waals surface area contributed by atoms with Crippen molar-refractivity contribution in [3.8, 4) is 5.75 Å². The quantitative estimate of drug-likeness (QED) is 0.729. The number of hydrogen-bond donors (Lipinski definition) is 2. The number of imide groups is 1. The van der Waals surface area contributed by atoms with E-state index in [4.69, 9.17) is 9.15 Å². The van der Waals surface area contributed by atoms with Crippen LogP contribution in [0.3, 0.4) is 0 Å². The van der Waals surface area contributed by atoms with Crippen molar-refractivity contribution in [1.82, 2.24) is 10.2 Å². The summed E-state index contributed by atoms with van der Waals surface area (Å²) in [5, 5.41) is 12.9. The molecular formula is C20H24N2O5. The highest BCUT2D eigenvalue weighted by Gasteiger charge is 2.51. The molecule has 1 fully saturated rings. The number of amides is 3. The van der Waals surface area contributed by atoms with Crippen molar-refractivity contribution in [2.45, 2.75) is 38.3 Å². The van der Waals surface area contributed by atoms with E-state index < -0.39 is 23.6 Å². The van der Waals surface area contributed by atoms with Crippen LogP contribution < -0.4 is 10.1 Å². The Hall–Kier alpha value is -2.80. The normalized spacial score (nSPS) is 20.9. The minimum absolute atomic E-state index is 0.0295. The SMILES string of the molecule is CC(C)c1ccccc1OCC(O)CN1C(=O)NC(C)(c2ccco2)C1=O. The molecular weight excluding hydrogens is 348 g/mol. The highest BCUT2D eigenvalue weighted by Crippen LogP contribution is 2.29. The molecule has 144 valence electrons. The second-order valence-electron chi connectivity index (χ2n) is 7.11. The number of aliphatic hydroxyl groups excluding tert-OH is 1. The van der Waals surface area contributed by atoms with Crippen LogP contribution in [-0.2, 0) is 10.3 Å². The van der Waals surface area contributed by atoms with Gasteiger partial charge in [-0.2, -0.15) is 0 Å². The van der Waals surface area contributed by atoms with E-state index in [9.17, 15) is 14.7 Å². The lowest BCUT2D eigenvalue weighted by atomic mass is 9.99. The molecule has 2 atom stereocenters. The molecule has 2 aromatic rings. The van der Waals surface area contributed by atoms with Gasteiger partial charge in [0.25, 0.3) is 5.91 Å². The molecule has 27 heavy (non-hydrogen) atoms. The van der Waals surface area contributed by atoms with E-state index in [1.54, 1.807) is 19.1 Å². The Balaban J connectivity index is 1.64. The van der Waals surface area contributed by atoms with Crippen molar-refractivity contribution in [2.24, 2.45) is 0 Å². The molecule has 7 heteroatoms. The second kappa shape index (κ2) is 7.44. The fourth-order valence-electron chi connectivity index (χ4n) is 3.13. The number of urea groups is 1. The minimum atomic E-state index is -1.27. The van der Waals surface area contributed by atoms with Crippen molar-refractivity contribution in [3.05, 3.63) is 54.0 Å². The predicted molar refractivity (Wildman–Crippen MR) is 98.3 cm³/mol. The summed E-state index contributed by atoms with van der Waals surface area (Å²) in [6.45, 7) is 5.50. The van der Waals surface area contributed by atoms with Crippen LogP contribution in [-0.4, -0.2) is 41.2 Å². The molecule has 1 aromatic carbocycles. The number of para-hydroxylation sites is 1. The lowest BCUT2D eigenvalue weighted by Gasteiger charge is -2.21. The first-order valence-corrected chi connectivity index (χ1v) is 8.91. The fraction of sp³-hybridized carbons (Fsp3) is 0.400. The van der Waals surface area contributed by atoms with Gasteiger partial charge in [-0.25, -0.2) is 4.79 Å². The third kappa shape index (κ3) is 3.68. The number of nitrogens with zero attached hydrogens (tertiary/aromatic N) is 1. The number of furan rings is 1. The van der Waals surface area contributed by atoms with Crippen molar-refractivity contribution in [1.29, 1.82) is 0 Å². The van der Waals surface area contributed by atoms with Crippen LogP contribution in [0, 0.1) is 0 Å². The number of rotatable bonds is 7. The highest BCUT2D eigenvalue weighted by atomic mass is 16.5. The Labute approximate surface area is 157 Å².